The van der Waals surface area contributed by atoms with Crippen molar-refractivity contribution < 1.29 is 23.9 Å². The fraction of sp³-hybridized carbons (Fsp3) is 0.357. The number of hydrogen-bond acceptors (Lipinski definition) is 5. The number of nitrogens with one attached hydrogen (secondary N) is 2. The summed E-state index contributed by atoms with van der Waals surface area (Å²) in [5.41, 5.74) is 0. The molecule has 1 aromatic carbocycles. The highest BCUT2D eigenvalue weighted by Gasteiger charge is 2.12. The van der Waals surface area contributed by atoms with Gasteiger partial charge in [-0.05, 0) is 26.0 Å². The van der Waals surface area contributed by atoms with Crippen LogP contribution in [0.1, 0.15) is 13.8 Å². The van der Waals surface area contributed by atoms with Crippen molar-refractivity contribution in [1.82, 2.24) is 10.6 Å². The molecule has 0 saturated carbocycles. The fourth-order valence-electron chi connectivity index (χ4n) is 1.35. The van der Waals surface area contributed by atoms with E-state index in [-0.39, 0.29) is 6.04 Å². The minimum absolute atomic E-state index is 0.112. The molecule has 120 valence electrons. The monoisotopic (exact) mass is 328 g/mol. The summed E-state index contributed by atoms with van der Waals surface area (Å²) in [7, 11) is 0. The highest BCUT2D eigenvalue weighted by Crippen LogP contribution is 2.22. The molecule has 8 heteroatoms. The third kappa shape index (κ3) is 6.94. The molecule has 1 rings (SSSR count). The zero-order valence-electron chi connectivity index (χ0n) is 12.2. The number of rotatable bonds is 6. The Labute approximate surface area is 132 Å². The number of carbonyl (C=O) groups excluding carboxylic acids is 3. The van der Waals surface area contributed by atoms with Crippen LogP contribution in [0.4, 0.5) is 4.79 Å². The van der Waals surface area contributed by atoms with Crippen LogP contribution >= 0.6 is 11.6 Å². The largest absolute Gasteiger partial charge is 0.480 e. The summed E-state index contributed by atoms with van der Waals surface area (Å²) in [5, 5.41) is 4.84. The molecule has 0 fully saturated rings. The smallest absolute Gasteiger partial charge is 0.344 e. The zero-order valence-corrected chi connectivity index (χ0v) is 13.0. The summed E-state index contributed by atoms with van der Waals surface area (Å²) < 4.78 is 9.82. The molecule has 0 atom stereocenters. The van der Waals surface area contributed by atoms with Gasteiger partial charge in [-0.1, -0.05) is 23.7 Å². The predicted molar refractivity (Wildman–Crippen MR) is 79.7 cm³/mol. The Morgan fingerprint density at radius 2 is 1.86 bits per heavy atom. The molecule has 0 spiro atoms. The molecule has 0 bridgehead atoms. The molecule has 0 heterocycles. The highest BCUT2D eigenvalue weighted by atomic mass is 35.5. The zero-order chi connectivity index (χ0) is 16.5. The van der Waals surface area contributed by atoms with Gasteiger partial charge in [0.25, 0.3) is 5.91 Å². The highest BCUT2D eigenvalue weighted by molar-refractivity contribution is 6.32. The maximum Gasteiger partial charge on any atom is 0.344 e. The molecule has 0 aliphatic heterocycles. The van der Waals surface area contributed by atoms with Crippen molar-refractivity contribution in [3.8, 4) is 5.75 Å². The van der Waals surface area contributed by atoms with E-state index in [1.54, 1.807) is 38.1 Å². The van der Waals surface area contributed by atoms with Crippen LogP contribution in [0.5, 0.6) is 5.75 Å². The number of esters is 1. The van der Waals surface area contributed by atoms with E-state index in [4.69, 9.17) is 16.3 Å². The summed E-state index contributed by atoms with van der Waals surface area (Å²) >= 11 is 5.85. The first-order valence-corrected chi connectivity index (χ1v) is 6.89. The molecule has 2 N–H and O–H groups in total. The van der Waals surface area contributed by atoms with Gasteiger partial charge in [-0.15, -0.1) is 0 Å². The van der Waals surface area contributed by atoms with E-state index in [0.29, 0.717) is 10.8 Å². The second-order valence-electron chi connectivity index (χ2n) is 4.56. The molecule has 7 nitrogen and oxygen atoms in total. The number of carbonyl (C=O) groups is 3. The molecular weight excluding hydrogens is 312 g/mol. The van der Waals surface area contributed by atoms with Gasteiger partial charge in [0.05, 0.1) is 5.02 Å². The summed E-state index contributed by atoms with van der Waals surface area (Å²) in [6.45, 7) is 2.53. The first-order chi connectivity index (χ1) is 10.4. The molecule has 0 aliphatic carbocycles. The molecule has 0 radical (unpaired) electrons. The van der Waals surface area contributed by atoms with Crippen molar-refractivity contribution in [3.63, 3.8) is 0 Å². The van der Waals surface area contributed by atoms with E-state index >= 15 is 0 Å². The number of halogens is 1. The van der Waals surface area contributed by atoms with Gasteiger partial charge in [-0.25, -0.2) is 9.59 Å². The molecule has 3 amide bonds. The SMILES string of the molecule is CC(C)NC(=O)NC(=O)COC(=O)COc1ccccc1Cl. The maximum absolute atomic E-state index is 11.4. The lowest BCUT2D eigenvalue weighted by atomic mass is 10.3. The quantitative estimate of drug-likeness (QED) is 0.772. The topological polar surface area (TPSA) is 93.7 Å². The van der Waals surface area contributed by atoms with Crippen LogP contribution in [0.2, 0.25) is 5.02 Å². The lowest BCUT2D eigenvalue weighted by molar-refractivity contribution is -0.150. The average molecular weight is 329 g/mol. The van der Waals surface area contributed by atoms with Crippen LogP contribution < -0.4 is 15.4 Å². The molecule has 1 aromatic rings. The molecule has 0 saturated heterocycles. The Balaban J connectivity index is 2.27. The number of amides is 3. The Kier molecular flexibility index (Phi) is 7.18. The molecule has 0 unspecified atom stereocenters. The van der Waals surface area contributed by atoms with E-state index in [9.17, 15) is 14.4 Å². The fourth-order valence-corrected chi connectivity index (χ4v) is 1.54. The lowest BCUT2D eigenvalue weighted by Crippen LogP contribution is -2.44. The third-order valence-electron chi connectivity index (χ3n) is 2.22. The van der Waals surface area contributed by atoms with E-state index < -0.39 is 31.1 Å². The van der Waals surface area contributed by atoms with E-state index in [1.807, 2.05) is 5.32 Å². The van der Waals surface area contributed by atoms with Crippen molar-refractivity contribution in [2.45, 2.75) is 19.9 Å². The number of para-hydroxylation sites is 1. The Hall–Kier alpha value is -2.28. The second-order valence-corrected chi connectivity index (χ2v) is 4.96. The summed E-state index contributed by atoms with van der Waals surface area (Å²) in [6.07, 6.45) is 0. The van der Waals surface area contributed by atoms with Crippen molar-refractivity contribution in [2.24, 2.45) is 0 Å². The molecule has 22 heavy (non-hydrogen) atoms. The van der Waals surface area contributed by atoms with Crippen molar-refractivity contribution in [2.75, 3.05) is 13.2 Å². The van der Waals surface area contributed by atoms with Gasteiger partial charge < -0.3 is 14.8 Å². The van der Waals surface area contributed by atoms with Crippen molar-refractivity contribution in [3.05, 3.63) is 29.3 Å². The summed E-state index contributed by atoms with van der Waals surface area (Å²) in [6, 6.07) is 5.87. The normalized spacial score (nSPS) is 10.0. The van der Waals surface area contributed by atoms with Crippen LogP contribution in [0, 0.1) is 0 Å². The minimum atomic E-state index is -0.751. The first-order valence-electron chi connectivity index (χ1n) is 6.51. The van der Waals surface area contributed by atoms with E-state index in [2.05, 4.69) is 10.1 Å². The molecule has 0 aromatic heterocycles. The second kappa shape index (κ2) is 8.89. The van der Waals surface area contributed by atoms with E-state index in [0.717, 1.165) is 0 Å². The number of hydrogen-bond donors (Lipinski definition) is 2. The van der Waals surface area contributed by atoms with Crippen LogP contribution in [0.3, 0.4) is 0 Å². The Bertz CT molecular complexity index is 548. The van der Waals surface area contributed by atoms with Gasteiger partial charge >= 0.3 is 12.0 Å². The van der Waals surface area contributed by atoms with Crippen LogP contribution in [-0.4, -0.2) is 37.2 Å². The molecule has 0 aliphatic rings. The maximum atomic E-state index is 11.4. The Morgan fingerprint density at radius 1 is 1.18 bits per heavy atom. The predicted octanol–water partition coefficient (Wildman–Crippen LogP) is 1.50. The third-order valence-corrected chi connectivity index (χ3v) is 2.53. The van der Waals surface area contributed by atoms with Crippen LogP contribution in [0.15, 0.2) is 24.3 Å². The van der Waals surface area contributed by atoms with Gasteiger partial charge in [0.1, 0.15) is 5.75 Å². The number of benzene rings is 1. The van der Waals surface area contributed by atoms with Crippen LogP contribution in [0.25, 0.3) is 0 Å². The van der Waals surface area contributed by atoms with Gasteiger partial charge in [0, 0.05) is 6.04 Å². The number of imide groups is 1. The van der Waals surface area contributed by atoms with Crippen LogP contribution in [-0.2, 0) is 14.3 Å². The number of ether oxygens (including phenoxy) is 2. The Morgan fingerprint density at radius 3 is 2.50 bits per heavy atom. The number of urea groups is 1. The van der Waals surface area contributed by atoms with Gasteiger partial charge in [-0.3, -0.25) is 10.1 Å². The summed E-state index contributed by atoms with van der Waals surface area (Å²) in [5.74, 6) is -1.15. The van der Waals surface area contributed by atoms with Gasteiger partial charge in [-0.2, -0.15) is 0 Å². The van der Waals surface area contributed by atoms with Crippen molar-refractivity contribution >= 4 is 29.5 Å². The van der Waals surface area contributed by atoms with Gasteiger partial charge in [0.2, 0.25) is 0 Å². The van der Waals surface area contributed by atoms with Gasteiger partial charge in [0.15, 0.2) is 13.2 Å². The summed E-state index contributed by atoms with van der Waals surface area (Å²) in [4.78, 5) is 34.0. The lowest BCUT2D eigenvalue weighted by Gasteiger charge is -2.10. The average Bonchev–Trinajstić information content (AvgIpc) is 2.43. The van der Waals surface area contributed by atoms with Crippen molar-refractivity contribution in [1.29, 1.82) is 0 Å². The first kappa shape index (κ1) is 17.8. The molecular formula is C14H17ClN2O5. The van der Waals surface area contributed by atoms with E-state index in [1.165, 1.54) is 0 Å². The minimum Gasteiger partial charge on any atom is -0.480 e. The standard InChI is InChI=1S/C14H17ClN2O5/c1-9(2)16-14(20)17-12(18)7-22-13(19)8-21-11-6-4-3-5-10(11)15/h3-6,9H,7-8H2,1-2H3,(H2,16,17,18,20).